The van der Waals surface area contributed by atoms with Crippen molar-refractivity contribution in [3.05, 3.63) is 132 Å². The van der Waals surface area contributed by atoms with Crippen LogP contribution >= 0.6 is 11.8 Å². The highest BCUT2D eigenvalue weighted by Gasteiger charge is 2.24. The Morgan fingerprint density at radius 2 is 1.51 bits per heavy atom. The van der Waals surface area contributed by atoms with Gasteiger partial charge in [-0.1, -0.05) is 78.9 Å². The third-order valence-electron chi connectivity index (χ3n) is 7.62. The van der Waals surface area contributed by atoms with E-state index in [-0.39, 0.29) is 5.91 Å². The van der Waals surface area contributed by atoms with Crippen LogP contribution in [0.25, 0.3) is 21.9 Å². The Morgan fingerprint density at radius 1 is 0.791 bits per heavy atom. The van der Waals surface area contributed by atoms with E-state index in [2.05, 4.69) is 70.9 Å². The predicted octanol–water partition coefficient (Wildman–Crippen LogP) is 8.18. The van der Waals surface area contributed by atoms with Gasteiger partial charge in [0.1, 0.15) is 6.04 Å². The Hall–Kier alpha value is -4.55. The molecule has 0 bridgehead atoms. The van der Waals surface area contributed by atoms with Crippen molar-refractivity contribution in [3.8, 4) is 11.1 Å². The first kappa shape index (κ1) is 29.9. The maximum Gasteiger partial charge on any atom is 0.328 e. The Labute approximate surface area is 257 Å². The molecule has 0 aromatic heterocycles. The molecule has 218 valence electrons. The smallest absolute Gasteiger partial charge is 0.328 e. The van der Waals surface area contributed by atoms with Crippen LogP contribution in [-0.2, 0) is 16.1 Å². The summed E-state index contributed by atoms with van der Waals surface area (Å²) in [5.74, 6) is -0.00520. The minimum atomic E-state index is -0.712. The third kappa shape index (κ3) is 7.09. The van der Waals surface area contributed by atoms with Crippen molar-refractivity contribution in [1.29, 1.82) is 0 Å². The van der Waals surface area contributed by atoms with Gasteiger partial charge >= 0.3 is 5.97 Å². The zero-order chi connectivity index (χ0) is 30.2. The van der Waals surface area contributed by atoms with E-state index in [1.165, 1.54) is 17.9 Å². The number of methoxy groups -OCH3 is 1. The number of carbonyl (C=O) groups is 2. The molecule has 5 aromatic carbocycles. The fraction of sp³-hybridized carbons (Fsp3) is 0.189. The number of nitrogens with one attached hydrogen (secondary N) is 1. The van der Waals surface area contributed by atoms with E-state index in [4.69, 9.17) is 4.74 Å². The normalized spacial score (nSPS) is 11.6. The number of rotatable bonds is 11. The van der Waals surface area contributed by atoms with E-state index in [1.807, 2.05) is 67.8 Å². The molecule has 0 aliphatic rings. The van der Waals surface area contributed by atoms with Crippen LogP contribution in [0.5, 0.6) is 0 Å². The van der Waals surface area contributed by atoms with Gasteiger partial charge in [0.2, 0.25) is 0 Å². The first-order valence-corrected chi connectivity index (χ1v) is 15.8. The predicted molar refractivity (Wildman–Crippen MR) is 179 cm³/mol. The molecule has 1 atom stereocenters. The minimum Gasteiger partial charge on any atom is -0.467 e. The number of hydrogen-bond acceptors (Lipinski definition) is 5. The van der Waals surface area contributed by atoms with Gasteiger partial charge in [-0.15, -0.1) is 0 Å². The number of carbonyl (C=O) groups excluding carboxylic acids is 2. The van der Waals surface area contributed by atoms with Crippen LogP contribution in [0.4, 0.5) is 11.4 Å². The molecule has 0 spiro atoms. The Bertz CT molecular complexity index is 1720. The van der Waals surface area contributed by atoms with E-state index < -0.39 is 12.0 Å². The summed E-state index contributed by atoms with van der Waals surface area (Å²) in [5, 5.41) is 5.31. The summed E-state index contributed by atoms with van der Waals surface area (Å²) in [5.41, 5.74) is 6.60. The van der Waals surface area contributed by atoms with Crippen molar-refractivity contribution in [2.24, 2.45) is 0 Å². The Balaban J connectivity index is 1.55. The Kier molecular flexibility index (Phi) is 9.80. The fourth-order valence-electron chi connectivity index (χ4n) is 5.32. The van der Waals surface area contributed by atoms with Gasteiger partial charge in [0, 0.05) is 23.5 Å². The molecule has 0 radical (unpaired) electrons. The van der Waals surface area contributed by atoms with Crippen molar-refractivity contribution < 1.29 is 14.3 Å². The summed E-state index contributed by atoms with van der Waals surface area (Å²) < 4.78 is 4.99. The van der Waals surface area contributed by atoms with Crippen molar-refractivity contribution in [2.45, 2.75) is 25.9 Å². The highest BCUT2D eigenvalue weighted by atomic mass is 32.2. The van der Waals surface area contributed by atoms with Crippen molar-refractivity contribution in [3.63, 3.8) is 0 Å². The molecule has 6 heteroatoms. The van der Waals surface area contributed by atoms with E-state index in [9.17, 15) is 9.59 Å². The second-order valence-electron chi connectivity index (χ2n) is 10.5. The van der Waals surface area contributed by atoms with Crippen molar-refractivity contribution in [1.82, 2.24) is 5.32 Å². The zero-order valence-electron chi connectivity index (χ0n) is 24.7. The molecule has 0 unspecified atom stereocenters. The lowest BCUT2D eigenvalue weighted by molar-refractivity contribution is -0.142. The molecule has 43 heavy (non-hydrogen) atoms. The largest absolute Gasteiger partial charge is 0.467 e. The molecule has 0 aliphatic carbocycles. The topological polar surface area (TPSA) is 58.6 Å². The molecule has 0 saturated carbocycles. The van der Waals surface area contributed by atoms with Crippen LogP contribution in [0.1, 0.15) is 27.9 Å². The lowest BCUT2D eigenvalue weighted by Gasteiger charge is -2.26. The molecule has 1 amide bonds. The van der Waals surface area contributed by atoms with Gasteiger partial charge < -0.3 is 15.0 Å². The number of thioether (sulfide) groups is 1. The second-order valence-corrected chi connectivity index (χ2v) is 11.5. The number of benzene rings is 5. The maximum absolute atomic E-state index is 13.7. The SMILES string of the molecule is COC(=O)[C@H](CCSC)NC(=O)c1ccc(CN(c2ccccc2)c2ccc3ccccc3c2)cc1-c1ccccc1C. The summed E-state index contributed by atoms with van der Waals surface area (Å²) in [6.45, 7) is 2.65. The highest BCUT2D eigenvalue weighted by Crippen LogP contribution is 2.33. The number of nitrogens with zero attached hydrogens (tertiary/aromatic N) is 1. The van der Waals surface area contributed by atoms with Crippen LogP contribution in [0.3, 0.4) is 0 Å². The number of hydrogen-bond donors (Lipinski definition) is 1. The standard InChI is InChI=1S/C37H36N2O3S/c1-26-11-7-10-16-32(26)34-23-27(17-20-33(34)36(40)38-35(21-22-43-3)37(41)42-2)25-39(30-14-5-4-6-15-30)31-19-18-28-12-8-9-13-29(28)24-31/h4-20,23-24,35H,21-22,25H2,1-3H3,(H,38,40)/t35-/m0/s1. The van der Waals surface area contributed by atoms with Crippen molar-refractivity contribution in [2.75, 3.05) is 24.0 Å². The van der Waals surface area contributed by atoms with Gasteiger partial charge in [0.25, 0.3) is 5.91 Å². The van der Waals surface area contributed by atoms with Crippen LogP contribution in [0.2, 0.25) is 0 Å². The van der Waals surface area contributed by atoms with Gasteiger partial charge in [-0.3, -0.25) is 4.79 Å². The number of anilines is 2. The molecular weight excluding hydrogens is 552 g/mol. The molecule has 5 rings (SSSR count). The molecular formula is C37H36N2O3S. The summed E-state index contributed by atoms with van der Waals surface area (Å²) >= 11 is 1.62. The summed E-state index contributed by atoms with van der Waals surface area (Å²) in [6, 6.07) is 38.6. The summed E-state index contributed by atoms with van der Waals surface area (Å²) in [4.78, 5) is 28.5. The van der Waals surface area contributed by atoms with Crippen LogP contribution in [0, 0.1) is 6.92 Å². The monoisotopic (exact) mass is 588 g/mol. The van der Waals surface area contributed by atoms with Gasteiger partial charge in [-0.25, -0.2) is 4.79 Å². The number of aryl methyl sites for hydroxylation is 1. The number of ether oxygens (including phenoxy) is 1. The van der Waals surface area contributed by atoms with Crippen molar-refractivity contribution >= 4 is 45.8 Å². The van der Waals surface area contributed by atoms with E-state index in [0.717, 1.165) is 39.4 Å². The first-order chi connectivity index (χ1) is 21.0. The summed E-state index contributed by atoms with van der Waals surface area (Å²) in [6.07, 6.45) is 2.47. The average Bonchev–Trinajstić information content (AvgIpc) is 3.05. The van der Waals surface area contributed by atoms with Gasteiger partial charge in [0.15, 0.2) is 0 Å². The average molecular weight is 589 g/mol. The number of esters is 1. The lowest BCUT2D eigenvalue weighted by Crippen LogP contribution is -2.42. The molecule has 1 N–H and O–H groups in total. The molecule has 0 aliphatic heterocycles. The van der Waals surface area contributed by atoms with Crippen LogP contribution in [0.15, 0.2) is 115 Å². The third-order valence-corrected chi connectivity index (χ3v) is 8.26. The number of fused-ring (bicyclic) bond motifs is 1. The lowest BCUT2D eigenvalue weighted by atomic mass is 9.93. The highest BCUT2D eigenvalue weighted by molar-refractivity contribution is 7.98. The molecule has 5 aromatic rings. The van der Waals surface area contributed by atoms with Gasteiger partial charge in [0.05, 0.1) is 7.11 Å². The molecule has 0 saturated heterocycles. The quantitative estimate of drug-likeness (QED) is 0.158. The second kappa shape index (κ2) is 14.1. The molecule has 5 nitrogen and oxygen atoms in total. The van der Waals surface area contributed by atoms with Gasteiger partial charge in [-0.2, -0.15) is 11.8 Å². The first-order valence-electron chi connectivity index (χ1n) is 14.4. The Morgan fingerprint density at radius 3 is 2.26 bits per heavy atom. The molecule has 0 heterocycles. The van der Waals surface area contributed by atoms with Gasteiger partial charge in [-0.05, 0) is 94.8 Å². The summed E-state index contributed by atoms with van der Waals surface area (Å²) in [7, 11) is 1.35. The van der Waals surface area contributed by atoms with Crippen LogP contribution in [-0.4, -0.2) is 37.0 Å². The van der Waals surface area contributed by atoms with E-state index in [1.54, 1.807) is 11.8 Å². The fourth-order valence-corrected chi connectivity index (χ4v) is 5.79. The molecule has 0 fully saturated rings. The van der Waals surface area contributed by atoms with E-state index >= 15 is 0 Å². The number of para-hydroxylation sites is 1. The minimum absolute atomic E-state index is 0.296. The van der Waals surface area contributed by atoms with Crippen LogP contribution < -0.4 is 10.2 Å². The number of amides is 1. The maximum atomic E-state index is 13.7. The van der Waals surface area contributed by atoms with E-state index in [0.29, 0.717) is 18.5 Å². The zero-order valence-corrected chi connectivity index (χ0v) is 25.6.